The molecule has 5 rings (SSSR count). The van der Waals surface area contributed by atoms with Gasteiger partial charge in [0.15, 0.2) is 5.78 Å². The summed E-state index contributed by atoms with van der Waals surface area (Å²) in [6.07, 6.45) is 6.21. The van der Waals surface area contributed by atoms with E-state index in [-0.39, 0.29) is 5.78 Å². The van der Waals surface area contributed by atoms with Gasteiger partial charge in [-0.1, -0.05) is 12.1 Å². The van der Waals surface area contributed by atoms with Gasteiger partial charge in [0.25, 0.3) is 0 Å². The number of ketones is 1. The fourth-order valence-electron chi connectivity index (χ4n) is 5.34. The van der Waals surface area contributed by atoms with E-state index in [9.17, 15) is 4.79 Å². The molecule has 2 aliphatic carbocycles. The number of aromatic nitrogens is 1. The zero-order chi connectivity index (χ0) is 19.1. The summed E-state index contributed by atoms with van der Waals surface area (Å²) in [5, 5.41) is 0. The second kappa shape index (κ2) is 7.37. The minimum Gasteiger partial charge on any atom is -0.493 e. The maximum Gasteiger partial charge on any atom is 0.164 e. The predicted octanol–water partition coefficient (Wildman–Crippen LogP) is 3.78. The number of carbonyl (C=O) groups excluding carboxylic acids is 1. The van der Waals surface area contributed by atoms with Gasteiger partial charge < -0.3 is 9.72 Å². The van der Waals surface area contributed by atoms with Crippen LogP contribution in [0.2, 0.25) is 0 Å². The number of carbonyl (C=O) groups is 1. The van der Waals surface area contributed by atoms with E-state index in [2.05, 4.69) is 34.0 Å². The smallest absolute Gasteiger partial charge is 0.164 e. The summed E-state index contributed by atoms with van der Waals surface area (Å²) in [6, 6.07) is 8.90. The van der Waals surface area contributed by atoms with E-state index in [0.29, 0.717) is 18.4 Å². The van der Waals surface area contributed by atoms with Crippen LogP contribution in [0, 0.1) is 18.8 Å². The van der Waals surface area contributed by atoms with E-state index in [4.69, 9.17) is 4.74 Å². The van der Waals surface area contributed by atoms with Gasteiger partial charge in [0, 0.05) is 35.8 Å². The number of fused-ring (bicyclic) bond motifs is 2. The van der Waals surface area contributed by atoms with Crippen LogP contribution in [0.25, 0.3) is 11.3 Å². The van der Waals surface area contributed by atoms with Crippen LogP contribution >= 0.6 is 0 Å². The standard InChI is InChI=1S/C23H29N3O2/c1-14-22-18(6-4-7-20(22)27)23(25-14)17-5-2-3-8-21(17)28-13-15-9-10-19-16(11-15)12-24-26-19/h2-3,5,8,15-16,19,24-26H,4,6-7,9-13H2,1H3. The lowest BCUT2D eigenvalue weighted by Crippen LogP contribution is -2.36. The van der Waals surface area contributed by atoms with Gasteiger partial charge in [-0.2, -0.15) is 0 Å². The molecule has 148 valence electrons. The number of rotatable bonds is 4. The van der Waals surface area contributed by atoms with E-state index in [1.807, 2.05) is 13.0 Å². The molecule has 2 fully saturated rings. The lowest BCUT2D eigenvalue weighted by Gasteiger charge is -2.30. The molecule has 0 radical (unpaired) electrons. The molecule has 2 heterocycles. The maximum atomic E-state index is 12.4. The van der Waals surface area contributed by atoms with Crippen molar-refractivity contribution in [1.82, 2.24) is 15.8 Å². The van der Waals surface area contributed by atoms with Crippen molar-refractivity contribution < 1.29 is 9.53 Å². The third-order valence-corrected chi connectivity index (χ3v) is 6.77. The second-order valence-electron chi connectivity index (χ2n) is 8.63. The van der Waals surface area contributed by atoms with Crippen molar-refractivity contribution in [3.8, 4) is 17.0 Å². The molecular weight excluding hydrogens is 350 g/mol. The Morgan fingerprint density at radius 2 is 2.07 bits per heavy atom. The van der Waals surface area contributed by atoms with Gasteiger partial charge in [0.05, 0.1) is 12.3 Å². The van der Waals surface area contributed by atoms with Gasteiger partial charge in [-0.05, 0) is 68.6 Å². The molecule has 5 nitrogen and oxygen atoms in total. The van der Waals surface area contributed by atoms with Gasteiger partial charge in [0.1, 0.15) is 5.75 Å². The second-order valence-corrected chi connectivity index (χ2v) is 8.63. The number of nitrogens with one attached hydrogen (secondary N) is 3. The van der Waals surface area contributed by atoms with Gasteiger partial charge in [-0.25, -0.2) is 0 Å². The summed E-state index contributed by atoms with van der Waals surface area (Å²) in [6.45, 7) is 3.85. The first-order valence-electron chi connectivity index (χ1n) is 10.7. The first kappa shape index (κ1) is 18.0. The fourth-order valence-corrected chi connectivity index (χ4v) is 5.34. The molecule has 1 saturated carbocycles. The summed E-state index contributed by atoms with van der Waals surface area (Å²) in [5.41, 5.74) is 11.9. The SMILES string of the molecule is Cc1[nH]c(-c2ccccc2OCC2CCC3NNCC3C2)c2c1C(=O)CCC2. The fraction of sp³-hybridized carbons (Fsp3) is 0.522. The summed E-state index contributed by atoms with van der Waals surface area (Å²) in [5.74, 6) is 2.53. The molecule has 5 heteroatoms. The van der Waals surface area contributed by atoms with Crippen LogP contribution in [0.4, 0.5) is 0 Å². The first-order chi connectivity index (χ1) is 13.7. The van der Waals surface area contributed by atoms with Crippen molar-refractivity contribution in [2.75, 3.05) is 13.2 Å². The number of hydrogen-bond donors (Lipinski definition) is 3. The summed E-state index contributed by atoms with van der Waals surface area (Å²) >= 11 is 0. The molecule has 2 aromatic rings. The van der Waals surface area contributed by atoms with Crippen molar-refractivity contribution in [1.29, 1.82) is 0 Å². The van der Waals surface area contributed by atoms with Crippen LogP contribution in [0.1, 0.15) is 53.7 Å². The minimum atomic E-state index is 0.273. The lowest BCUT2D eigenvalue weighted by molar-refractivity contribution is 0.0972. The molecule has 3 N–H and O–H groups in total. The minimum absolute atomic E-state index is 0.273. The quantitative estimate of drug-likeness (QED) is 0.756. The Bertz CT molecular complexity index is 888. The van der Waals surface area contributed by atoms with Gasteiger partial charge in [0.2, 0.25) is 0 Å². The number of aryl methyl sites for hydroxylation is 1. The highest BCUT2D eigenvalue weighted by Crippen LogP contribution is 2.38. The van der Waals surface area contributed by atoms with E-state index in [0.717, 1.165) is 60.2 Å². The monoisotopic (exact) mass is 379 g/mol. The topological polar surface area (TPSA) is 66.2 Å². The third-order valence-electron chi connectivity index (χ3n) is 6.77. The molecule has 28 heavy (non-hydrogen) atoms. The molecule has 1 aliphatic heterocycles. The zero-order valence-electron chi connectivity index (χ0n) is 16.5. The van der Waals surface area contributed by atoms with Crippen LogP contribution < -0.4 is 15.6 Å². The third kappa shape index (κ3) is 3.16. The Hall–Kier alpha value is -2.11. The highest BCUT2D eigenvalue weighted by molar-refractivity contribution is 6.01. The average Bonchev–Trinajstić information content (AvgIpc) is 3.31. The van der Waals surface area contributed by atoms with Crippen LogP contribution in [0.15, 0.2) is 24.3 Å². The highest BCUT2D eigenvalue weighted by Gasteiger charge is 2.34. The number of para-hydroxylation sites is 1. The number of ether oxygens (including phenoxy) is 1. The number of Topliss-reactive ketones (excluding diaryl/α,β-unsaturated/α-hetero) is 1. The lowest BCUT2D eigenvalue weighted by atomic mass is 9.79. The first-order valence-corrected chi connectivity index (χ1v) is 10.7. The van der Waals surface area contributed by atoms with Crippen molar-refractivity contribution in [2.24, 2.45) is 11.8 Å². The normalized spacial score (nSPS) is 26.8. The van der Waals surface area contributed by atoms with Crippen molar-refractivity contribution in [3.05, 3.63) is 41.1 Å². The van der Waals surface area contributed by atoms with E-state index in [1.54, 1.807) is 0 Å². The summed E-state index contributed by atoms with van der Waals surface area (Å²) in [7, 11) is 0. The summed E-state index contributed by atoms with van der Waals surface area (Å²) < 4.78 is 6.36. The number of hydrogen-bond acceptors (Lipinski definition) is 4. The van der Waals surface area contributed by atoms with Gasteiger partial charge in [-0.15, -0.1) is 0 Å². The molecule has 3 aliphatic rings. The highest BCUT2D eigenvalue weighted by atomic mass is 16.5. The van der Waals surface area contributed by atoms with Crippen molar-refractivity contribution in [3.63, 3.8) is 0 Å². The van der Waals surface area contributed by atoms with Crippen LogP contribution in [0.3, 0.4) is 0 Å². The Labute approximate surface area is 166 Å². The Morgan fingerprint density at radius 1 is 1.18 bits per heavy atom. The molecule has 1 saturated heterocycles. The molecule has 3 unspecified atom stereocenters. The van der Waals surface area contributed by atoms with Gasteiger partial charge in [-0.3, -0.25) is 15.6 Å². The number of H-pyrrole nitrogens is 1. The number of benzene rings is 1. The van der Waals surface area contributed by atoms with Crippen LogP contribution in [0.5, 0.6) is 5.75 Å². The summed E-state index contributed by atoms with van der Waals surface area (Å²) in [4.78, 5) is 15.9. The van der Waals surface area contributed by atoms with Crippen LogP contribution in [-0.2, 0) is 6.42 Å². The average molecular weight is 380 g/mol. The number of aromatic amines is 1. The van der Waals surface area contributed by atoms with Crippen LogP contribution in [-0.4, -0.2) is 30.0 Å². The number of hydrazine groups is 1. The van der Waals surface area contributed by atoms with E-state index >= 15 is 0 Å². The maximum absolute atomic E-state index is 12.4. The Morgan fingerprint density at radius 3 is 3.00 bits per heavy atom. The van der Waals surface area contributed by atoms with E-state index < -0.39 is 0 Å². The molecule has 0 amide bonds. The molecular formula is C23H29N3O2. The molecule has 3 atom stereocenters. The zero-order valence-corrected chi connectivity index (χ0v) is 16.5. The van der Waals surface area contributed by atoms with Crippen molar-refractivity contribution in [2.45, 2.75) is 51.5 Å². The molecule has 1 aromatic heterocycles. The Balaban J connectivity index is 1.37. The van der Waals surface area contributed by atoms with E-state index in [1.165, 1.54) is 24.8 Å². The van der Waals surface area contributed by atoms with Crippen molar-refractivity contribution >= 4 is 5.78 Å². The molecule has 0 spiro atoms. The molecule has 0 bridgehead atoms. The predicted molar refractivity (Wildman–Crippen MR) is 109 cm³/mol. The molecule has 1 aromatic carbocycles. The largest absolute Gasteiger partial charge is 0.493 e. The van der Waals surface area contributed by atoms with Gasteiger partial charge >= 0.3 is 0 Å². The Kier molecular flexibility index (Phi) is 4.73.